The summed E-state index contributed by atoms with van der Waals surface area (Å²) < 4.78 is 0. The third kappa shape index (κ3) is 2.01. The highest BCUT2D eigenvalue weighted by molar-refractivity contribution is 5.55. The van der Waals surface area contributed by atoms with Crippen molar-refractivity contribution >= 4 is 5.69 Å². The largest absolute Gasteiger partial charge is 0.508 e. The van der Waals surface area contributed by atoms with Crippen molar-refractivity contribution in [3.63, 3.8) is 0 Å². The lowest BCUT2D eigenvalue weighted by Gasteiger charge is -2.09. The second-order valence-corrected chi connectivity index (χ2v) is 3.95. The second kappa shape index (κ2) is 4.27. The fraction of sp³-hybridized carbons (Fsp3) is 0.143. The van der Waals surface area contributed by atoms with E-state index in [1.54, 1.807) is 6.07 Å². The summed E-state index contributed by atoms with van der Waals surface area (Å²) in [6.07, 6.45) is 0.667. The summed E-state index contributed by atoms with van der Waals surface area (Å²) in [4.78, 5) is 0. The van der Waals surface area contributed by atoms with Crippen LogP contribution in [-0.2, 0) is 6.42 Å². The molecule has 0 aliphatic rings. The van der Waals surface area contributed by atoms with Gasteiger partial charge in [0.15, 0.2) is 0 Å². The average molecular weight is 213 g/mol. The van der Waals surface area contributed by atoms with Crippen LogP contribution in [0.4, 0.5) is 5.69 Å². The van der Waals surface area contributed by atoms with Gasteiger partial charge < -0.3 is 10.8 Å². The van der Waals surface area contributed by atoms with E-state index in [0.29, 0.717) is 12.2 Å². The Kier molecular flexibility index (Phi) is 2.82. The lowest BCUT2D eigenvalue weighted by atomic mass is 10.0. The molecule has 2 rings (SSSR count). The molecule has 2 aromatic rings. The molecule has 2 heteroatoms. The molecule has 0 fully saturated rings. The Labute approximate surface area is 95.4 Å². The minimum absolute atomic E-state index is 0.323. The highest BCUT2D eigenvalue weighted by atomic mass is 16.3. The number of phenolic OH excluding ortho intramolecular Hbond substituents is 1. The van der Waals surface area contributed by atoms with Crippen LogP contribution in [0.5, 0.6) is 5.75 Å². The lowest BCUT2D eigenvalue weighted by Crippen LogP contribution is -1.98. The quantitative estimate of drug-likeness (QED) is 0.753. The molecule has 16 heavy (non-hydrogen) atoms. The van der Waals surface area contributed by atoms with Crippen LogP contribution in [0.1, 0.15) is 16.7 Å². The molecule has 0 bridgehead atoms. The standard InChI is InChI=1S/C14H15NO/c1-10-5-4-7-12(14(10)15)9-11-6-2-3-8-13(11)16/h2-8,16H,9,15H2,1H3. The Morgan fingerprint density at radius 3 is 2.44 bits per heavy atom. The number of benzene rings is 2. The van der Waals surface area contributed by atoms with E-state index in [2.05, 4.69) is 0 Å². The van der Waals surface area contributed by atoms with E-state index in [4.69, 9.17) is 5.73 Å². The smallest absolute Gasteiger partial charge is 0.119 e. The van der Waals surface area contributed by atoms with Crippen LogP contribution in [0.25, 0.3) is 0 Å². The molecule has 2 nitrogen and oxygen atoms in total. The maximum atomic E-state index is 9.69. The van der Waals surface area contributed by atoms with Gasteiger partial charge in [-0.1, -0.05) is 36.4 Å². The topological polar surface area (TPSA) is 46.2 Å². The molecule has 3 N–H and O–H groups in total. The molecule has 0 aliphatic heterocycles. The van der Waals surface area contributed by atoms with Gasteiger partial charge in [-0.05, 0) is 29.7 Å². The Hall–Kier alpha value is -1.96. The Morgan fingerprint density at radius 2 is 1.69 bits per heavy atom. The Morgan fingerprint density at radius 1 is 1.00 bits per heavy atom. The first-order chi connectivity index (χ1) is 7.68. The fourth-order valence-electron chi connectivity index (χ4n) is 1.76. The molecule has 82 valence electrons. The maximum absolute atomic E-state index is 9.69. The van der Waals surface area contributed by atoms with Crippen LogP contribution < -0.4 is 5.73 Å². The molecular formula is C14H15NO. The van der Waals surface area contributed by atoms with Crippen LogP contribution in [0.15, 0.2) is 42.5 Å². The van der Waals surface area contributed by atoms with Gasteiger partial charge in [0.05, 0.1) is 0 Å². The van der Waals surface area contributed by atoms with E-state index < -0.39 is 0 Å². The van der Waals surface area contributed by atoms with Crippen molar-refractivity contribution in [1.82, 2.24) is 0 Å². The Bertz CT molecular complexity index is 506. The third-order valence-corrected chi connectivity index (χ3v) is 2.79. The Balaban J connectivity index is 2.35. The molecule has 0 saturated carbocycles. The molecule has 0 heterocycles. The van der Waals surface area contributed by atoms with Crippen molar-refractivity contribution in [2.45, 2.75) is 13.3 Å². The molecule has 2 aromatic carbocycles. The fourth-order valence-corrected chi connectivity index (χ4v) is 1.76. The highest BCUT2D eigenvalue weighted by Gasteiger charge is 2.05. The zero-order valence-corrected chi connectivity index (χ0v) is 9.27. The summed E-state index contributed by atoms with van der Waals surface area (Å²) in [6, 6.07) is 13.3. The molecule has 0 amide bonds. The first-order valence-electron chi connectivity index (χ1n) is 5.29. The highest BCUT2D eigenvalue weighted by Crippen LogP contribution is 2.24. The van der Waals surface area contributed by atoms with Crippen LogP contribution in [0.3, 0.4) is 0 Å². The van der Waals surface area contributed by atoms with Gasteiger partial charge in [0.2, 0.25) is 0 Å². The van der Waals surface area contributed by atoms with Crippen molar-refractivity contribution < 1.29 is 5.11 Å². The van der Waals surface area contributed by atoms with Gasteiger partial charge in [0.1, 0.15) is 5.75 Å². The van der Waals surface area contributed by atoms with E-state index in [1.807, 2.05) is 43.3 Å². The summed E-state index contributed by atoms with van der Waals surface area (Å²) in [5, 5.41) is 9.69. The number of nitrogen functional groups attached to an aromatic ring is 1. The molecular weight excluding hydrogens is 198 g/mol. The van der Waals surface area contributed by atoms with Gasteiger partial charge >= 0.3 is 0 Å². The molecule has 0 spiro atoms. The molecule has 0 saturated heterocycles. The molecule has 0 radical (unpaired) electrons. The number of para-hydroxylation sites is 2. The first kappa shape index (κ1) is 10.6. The average Bonchev–Trinajstić information content (AvgIpc) is 2.28. The second-order valence-electron chi connectivity index (χ2n) is 3.95. The summed E-state index contributed by atoms with van der Waals surface area (Å²) in [5.74, 6) is 0.323. The summed E-state index contributed by atoms with van der Waals surface area (Å²) in [6.45, 7) is 1.99. The van der Waals surface area contributed by atoms with E-state index in [-0.39, 0.29) is 0 Å². The van der Waals surface area contributed by atoms with E-state index in [1.165, 1.54) is 0 Å². The third-order valence-electron chi connectivity index (χ3n) is 2.79. The number of hydrogen-bond acceptors (Lipinski definition) is 2. The molecule has 0 atom stereocenters. The zero-order chi connectivity index (χ0) is 11.5. The van der Waals surface area contributed by atoms with Gasteiger partial charge in [0.25, 0.3) is 0 Å². The van der Waals surface area contributed by atoms with Crippen LogP contribution in [0, 0.1) is 6.92 Å². The number of aryl methyl sites for hydroxylation is 1. The number of rotatable bonds is 2. The van der Waals surface area contributed by atoms with Crippen molar-refractivity contribution in [1.29, 1.82) is 0 Å². The van der Waals surface area contributed by atoms with Gasteiger partial charge in [-0.3, -0.25) is 0 Å². The minimum Gasteiger partial charge on any atom is -0.508 e. The number of aromatic hydroxyl groups is 1. The van der Waals surface area contributed by atoms with Crippen molar-refractivity contribution in [3.8, 4) is 5.75 Å². The lowest BCUT2D eigenvalue weighted by molar-refractivity contribution is 0.469. The molecule has 0 aliphatic carbocycles. The maximum Gasteiger partial charge on any atom is 0.119 e. The molecule has 0 aromatic heterocycles. The summed E-state index contributed by atoms with van der Waals surface area (Å²) in [5.41, 5.74) is 9.85. The number of nitrogens with two attached hydrogens (primary N) is 1. The van der Waals surface area contributed by atoms with Gasteiger partial charge in [-0.25, -0.2) is 0 Å². The SMILES string of the molecule is Cc1cccc(Cc2ccccc2O)c1N. The predicted molar refractivity (Wildman–Crippen MR) is 66.5 cm³/mol. The number of anilines is 1. The number of hydrogen-bond donors (Lipinski definition) is 2. The monoisotopic (exact) mass is 213 g/mol. The van der Waals surface area contributed by atoms with Crippen molar-refractivity contribution in [3.05, 3.63) is 59.2 Å². The molecule has 0 unspecified atom stereocenters. The van der Waals surface area contributed by atoms with Crippen molar-refractivity contribution in [2.75, 3.05) is 5.73 Å². The zero-order valence-electron chi connectivity index (χ0n) is 9.27. The van der Waals surface area contributed by atoms with Gasteiger partial charge in [0, 0.05) is 12.1 Å². The minimum atomic E-state index is 0.323. The van der Waals surface area contributed by atoms with Crippen molar-refractivity contribution in [2.24, 2.45) is 0 Å². The number of phenols is 1. The normalized spacial score (nSPS) is 10.3. The van der Waals surface area contributed by atoms with E-state index >= 15 is 0 Å². The first-order valence-corrected chi connectivity index (χ1v) is 5.29. The van der Waals surface area contributed by atoms with E-state index in [9.17, 15) is 5.11 Å². The van der Waals surface area contributed by atoms with Crippen LogP contribution >= 0.6 is 0 Å². The summed E-state index contributed by atoms with van der Waals surface area (Å²) >= 11 is 0. The van der Waals surface area contributed by atoms with Gasteiger partial charge in [-0.2, -0.15) is 0 Å². The summed E-state index contributed by atoms with van der Waals surface area (Å²) in [7, 11) is 0. The van der Waals surface area contributed by atoms with Crippen LogP contribution in [-0.4, -0.2) is 5.11 Å². The van der Waals surface area contributed by atoms with Gasteiger partial charge in [-0.15, -0.1) is 0 Å². The predicted octanol–water partition coefficient (Wildman–Crippen LogP) is 2.87. The van der Waals surface area contributed by atoms with E-state index in [0.717, 1.165) is 22.4 Å². The van der Waals surface area contributed by atoms with Crippen LogP contribution in [0.2, 0.25) is 0 Å².